The van der Waals surface area contributed by atoms with Crippen LogP contribution in [0, 0.1) is 0 Å². The van der Waals surface area contributed by atoms with Crippen LogP contribution in [0.2, 0.25) is 5.02 Å². The second kappa shape index (κ2) is 5.69. The molecule has 2 nitrogen and oxygen atoms in total. The summed E-state index contributed by atoms with van der Waals surface area (Å²) in [5.74, 6) is -0.0172. The van der Waals surface area contributed by atoms with Gasteiger partial charge in [-0.2, -0.15) is 0 Å². The molecule has 1 rings (SSSR count). The van der Waals surface area contributed by atoms with E-state index < -0.39 is 0 Å². The summed E-state index contributed by atoms with van der Waals surface area (Å²) < 4.78 is 0. The summed E-state index contributed by atoms with van der Waals surface area (Å²) in [5.41, 5.74) is 6.91. The van der Waals surface area contributed by atoms with E-state index in [2.05, 4.69) is 6.58 Å². The van der Waals surface area contributed by atoms with E-state index in [0.29, 0.717) is 17.9 Å². The van der Waals surface area contributed by atoms with Gasteiger partial charge in [0.2, 0.25) is 0 Å². The van der Waals surface area contributed by atoms with Crippen LogP contribution in [0.15, 0.2) is 36.9 Å². The predicted molar refractivity (Wildman–Crippen MR) is 63.0 cm³/mol. The SMILES string of the molecule is C=CC(=O)C[C@@H](N)Cc1ccc(Cl)cc1. The quantitative estimate of drug-likeness (QED) is 0.779. The highest BCUT2D eigenvalue weighted by atomic mass is 35.5. The first kappa shape index (κ1) is 12.0. The monoisotopic (exact) mass is 223 g/mol. The molecule has 0 aromatic heterocycles. The molecule has 0 radical (unpaired) electrons. The van der Waals surface area contributed by atoms with Gasteiger partial charge in [-0.3, -0.25) is 4.79 Å². The summed E-state index contributed by atoms with van der Waals surface area (Å²) in [7, 11) is 0. The maximum absolute atomic E-state index is 11.0. The zero-order chi connectivity index (χ0) is 11.3. The molecule has 0 aliphatic carbocycles. The molecular weight excluding hydrogens is 210 g/mol. The topological polar surface area (TPSA) is 43.1 Å². The molecule has 15 heavy (non-hydrogen) atoms. The number of hydrogen-bond donors (Lipinski definition) is 1. The molecule has 1 aromatic carbocycles. The van der Waals surface area contributed by atoms with Crippen molar-refractivity contribution in [1.29, 1.82) is 0 Å². The Labute approximate surface area is 94.7 Å². The summed E-state index contributed by atoms with van der Waals surface area (Å²) >= 11 is 5.76. The average molecular weight is 224 g/mol. The van der Waals surface area contributed by atoms with Gasteiger partial charge in [-0.1, -0.05) is 30.3 Å². The summed E-state index contributed by atoms with van der Waals surface area (Å²) in [6.07, 6.45) is 2.32. The van der Waals surface area contributed by atoms with Gasteiger partial charge in [-0.15, -0.1) is 0 Å². The van der Waals surface area contributed by atoms with E-state index in [4.69, 9.17) is 17.3 Å². The number of benzene rings is 1. The molecule has 80 valence electrons. The van der Waals surface area contributed by atoms with Gasteiger partial charge in [0.25, 0.3) is 0 Å². The number of ketones is 1. The van der Waals surface area contributed by atoms with Crippen LogP contribution < -0.4 is 5.73 Å². The maximum Gasteiger partial charge on any atom is 0.156 e. The lowest BCUT2D eigenvalue weighted by Crippen LogP contribution is -2.25. The van der Waals surface area contributed by atoms with Gasteiger partial charge in [0.1, 0.15) is 0 Å². The van der Waals surface area contributed by atoms with Crippen LogP contribution in [-0.2, 0) is 11.2 Å². The van der Waals surface area contributed by atoms with Crippen LogP contribution >= 0.6 is 11.6 Å². The maximum atomic E-state index is 11.0. The van der Waals surface area contributed by atoms with E-state index in [0.717, 1.165) is 5.56 Å². The molecule has 1 aromatic rings. The van der Waals surface area contributed by atoms with Crippen molar-refractivity contribution in [2.75, 3.05) is 0 Å². The predicted octanol–water partition coefficient (Wildman–Crippen LogP) is 2.36. The van der Waals surface area contributed by atoms with E-state index in [-0.39, 0.29) is 11.8 Å². The third kappa shape index (κ3) is 4.28. The smallest absolute Gasteiger partial charge is 0.156 e. The third-order valence-electron chi connectivity index (χ3n) is 2.10. The van der Waals surface area contributed by atoms with Gasteiger partial charge >= 0.3 is 0 Å². The normalized spacial score (nSPS) is 12.1. The Balaban J connectivity index is 2.51. The minimum Gasteiger partial charge on any atom is -0.327 e. The van der Waals surface area contributed by atoms with E-state index in [1.54, 1.807) is 0 Å². The van der Waals surface area contributed by atoms with Crippen molar-refractivity contribution in [3.05, 3.63) is 47.5 Å². The molecule has 0 heterocycles. The molecule has 1 atom stereocenters. The highest BCUT2D eigenvalue weighted by molar-refractivity contribution is 6.30. The highest BCUT2D eigenvalue weighted by Crippen LogP contribution is 2.11. The first-order valence-electron chi connectivity index (χ1n) is 4.77. The molecule has 0 fully saturated rings. The Morgan fingerprint density at radius 3 is 2.60 bits per heavy atom. The summed E-state index contributed by atoms with van der Waals surface area (Å²) in [6.45, 7) is 3.41. The fraction of sp³-hybridized carbons (Fsp3) is 0.250. The van der Waals surface area contributed by atoms with E-state index >= 15 is 0 Å². The van der Waals surface area contributed by atoms with E-state index in [1.807, 2.05) is 24.3 Å². The average Bonchev–Trinajstić information content (AvgIpc) is 2.21. The van der Waals surface area contributed by atoms with Crippen molar-refractivity contribution in [3.63, 3.8) is 0 Å². The van der Waals surface area contributed by atoms with Crippen molar-refractivity contribution in [3.8, 4) is 0 Å². The van der Waals surface area contributed by atoms with Crippen LogP contribution in [0.5, 0.6) is 0 Å². The summed E-state index contributed by atoms with van der Waals surface area (Å²) in [6, 6.07) is 7.32. The Hall–Kier alpha value is -1.12. The highest BCUT2D eigenvalue weighted by Gasteiger charge is 2.07. The number of nitrogens with two attached hydrogens (primary N) is 1. The zero-order valence-corrected chi connectivity index (χ0v) is 9.20. The van der Waals surface area contributed by atoms with Crippen molar-refractivity contribution in [1.82, 2.24) is 0 Å². The molecule has 0 saturated heterocycles. The van der Waals surface area contributed by atoms with Gasteiger partial charge in [-0.05, 0) is 30.2 Å². The minimum atomic E-state index is -0.156. The van der Waals surface area contributed by atoms with Crippen LogP contribution in [0.1, 0.15) is 12.0 Å². The molecule has 0 aliphatic heterocycles. The molecule has 0 aliphatic rings. The first-order chi connectivity index (χ1) is 7.11. The molecule has 0 bridgehead atoms. The number of hydrogen-bond acceptors (Lipinski definition) is 2. The van der Waals surface area contributed by atoms with Crippen LogP contribution in [-0.4, -0.2) is 11.8 Å². The minimum absolute atomic E-state index is 0.0172. The van der Waals surface area contributed by atoms with Crippen molar-refractivity contribution in [2.45, 2.75) is 18.9 Å². The van der Waals surface area contributed by atoms with Crippen LogP contribution in [0.25, 0.3) is 0 Å². The van der Waals surface area contributed by atoms with E-state index in [9.17, 15) is 4.79 Å². The number of halogens is 1. The molecule has 3 heteroatoms. The lowest BCUT2D eigenvalue weighted by atomic mass is 10.0. The van der Waals surface area contributed by atoms with Crippen LogP contribution in [0.4, 0.5) is 0 Å². The standard InChI is InChI=1S/C12H14ClNO/c1-2-12(15)8-11(14)7-9-3-5-10(13)6-4-9/h2-6,11H,1,7-8,14H2/t11-/m0/s1. The zero-order valence-electron chi connectivity index (χ0n) is 8.45. The van der Waals surface area contributed by atoms with Crippen molar-refractivity contribution < 1.29 is 4.79 Å². The molecule has 0 saturated carbocycles. The Morgan fingerprint density at radius 2 is 2.07 bits per heavy atom. The fourth-order valence-corrected chi connectivity index (χ4v) is 1.46. The Morgan fingerprint density at radius 1 is 1.47 bits per heavy atom. The van der Waals surface area contributed by atoms with Gasteiger partial charge in [0.15, 0.2) is 5.78 Å². The summed E-state index contributed by atoms with van der Waals surface area (Å²) in [5, 5.41) is 0.703. The van der Waals surface area contributed by atoms with Gasteiger partial charge in [-0.25, -0.2) is 0 Å². The number of carbonyl (C=O) groups is 1. The second-order valence-corrected chi connectivity index (χ2v) is 3.90. The van der Waals surface area contributed by atoms with E-state index in [1.165, 1.54) is 6.08 Å². The molecule has 0 spiro atoms. The summed E-state index contributed by atoms with van der Waals surface area (Å²) in [4.78, 5) is 11.0. The van der Waals surface area contributed by atoms with Crippen molar-refractivity contribution >= 4 is 17.4 Å². The van der Waals surface area contributed by atoms with Gasteiger partial charge in [0, 0.05) is 17.5 Å². The molecule has 0 unspecified atom stereocenters. The first-order valence-corrected chi connectivity index (χ1v) is 5.15. The van der Waals surface area contributed by atoms with Crippen LogP contribution in [0.3, 0.4) is 0 Å². The lowest BCUT2D eigenvalue weighted by molar-refractivity contribution is -0.114. The molecule has 0 amide bonds. The molecular formula is C12H14ClNO. The van der Waals surface area contributed by atoms with Gasteiger partial charge in [0.05, 0.1) is 0 Å². The van der Waals surface area contributed by atoms with Crippen molar-refractivity contribution in [2.24, 2.45) is 5.73 Å². The number of allylic oxidation sites excluding steroid dienone is 1. The Bertz CT molecular complexity index is 345. The Kier molecular flexibility index (Phi) is 4.53. The largest absolute Gasteiger partial charge is 0.327 e. The molecule has 2 N–H and O–H groups in total. The second-order valence-electron chi connectivity index (χ2n) is 3.47. The lowest BCUT2D eigenvalue weighted by Gasteiger charge is -2.09. The third-order valence-corrected chi connectivity index (χ3v) is 2.35. The number of carbonyl (C=O) groups excluding carboxylic acids is 1. The fourth-order valence-electron chi connectivity index (χ4n) is 1.34. The number of rotatable bonds is 5. The van der Waals surface area contributed by atoms with Gasteiger partial charge < -0.3 is 5.73 Å².